The summed E-state index contributed by atoms with van der Waals surface area (Å²) in [6.07, 6.45) is 4.62. The van der Waals surface area contributed by atoms with E-state index in [1.807, 2.05) is 0 Å². The molecule has 2 N–H and O–H groups in total. The summed E-state index contributed by atoms with van der Waals surface area (Å²) in [5.74, 6) is -0.560. The molecule has 0 radical (unpaired) electrons. The first-order valence-electron chi connectivity index (χ1n) is 5.11. The maximum absolute atomic E-state index is 10.8. The van der Waals surface area contributed by atoms with E-state index in [1.54, 1.807) is 0 Å². The molecule has 0 aliphatic heterocycles. The lowest BCUT2D eigenvalue weighted by molar-refractivity contribution is -0.145. The van der Waals surface area contributed by atoms with Gasteiger partial charge in [-0.1, -0.05) is 19.3 Å². The first-order valence-corrected chi connectivity index (χ1v) is 5.11. The second kappa shape index (κ2) is 3.29. The molecule has 0 amide bonds. The van der Waals surface area contributed by atoms with Gasteiger partial charge >= 0.3 is 5.97 Å². The lowest BCUT2D eigenvalue weighted by Crippen LogP contribution is -2.28. The topological polar surface area (TPSA) is 57.5 Å². The van der Waals surface area contributed by atoms with Crippen LogP contribution in [0.25, 0.3) is 0 Å². The summed E-state index contributed by atoms with van der Waals surface area (Å²) in [6, 6.07) is 0. The maximum Gasteiger partial charge on any atom is 0.309 e. The summed E-state index contributed by atoms with van der Waals surface area (Å²) in [5, 5.41) is 18.6. The molecule has 74 valence electrons. The van der Waals surface area contributed by atoms with Gasteiger partial charge in [0.2, 0.25) is 0 Å². The van der Waals surface area contributed by atoms with Crippen LogP contribution in [0.3, 0.4) is 0 Å². The van der Waals surface area contributed by atoms with Gasteiger partial charge in [-0.25, -0.2) is 0 Å². The van der Waals surface area contributed by atoms with Crippen LogP contribution >= 0.6 is 0 Å². The van der Waals surface area contributed by atoms with Crippen LogP contribution in [-0.2, 0) is 4.79 Å². The van der Waals surface area contributed by atoms with Crippen LogP contribution in [0, 0.1) is 17.8 Å². The van der Waals surface area contributed by atoms with E-state index in [2.05, 4.69) is 0 Å². The standard InChI is InChI=1S/C10H16O3/c11-9-7-4-2-1-3-6(7)5-8(9)10(12)13/h6-9,11H,1-5H2,(H,12,13)/t6-,7-,8-,9-/m0/s1. The van der Waals surface area contributed by atoms with Crippen molar-refractivity contribution < 1.29 is 15.0 Å². The summed E-state index contributed by atoms with van der Waals surface area (Å²) in [7, 11) is 0. The van der Waals surface area contributed by atoms with Crippen molar-refractivity contribution in [1.82, 2.24) is 0 Å². The minimum atomic E-state index is -0.818. The Morgan fingerprint density at radius 1 is 1.23 bits per heavy atom. The fourth-order valence-corrected chi connectivity index (χ4v) is 2.99. The monoisotopic (exact) mass is 184 g/mol. The Labute approximate surface area is 77.8 Å². The molecule has 0 aromatic rings. The van der Waals surface area contributed by atoms with Gasteiger partial charge in [0.15, 0.2) is 0 Å². The highest BCUT2D eigenvalue weighted by molar-refractivity contribution is 5.71. The number of carboxylic acid groups (broad SMARTS) is 1. The van der Waals surface area contributed by atoms with Gasteiger partial charge in [0, 0.05) is 0 Å². The Hall–Kier alpha value is -0.570. The first kappa shape index (κ1) is 9.00. The summed E-state index contributed by atoms with van der Waals surface area (Å²) in [5.41, 5.74) is 0. The van der Waals surface area contributed by atoms with Gasteiger partial charge in [0.25, 0.3) is 0 Å². The lowest BCUT2D eigenvalue weighted by atomic mass is 9.81. The molecular formula is C10H16O3. The number of aliphatic hydroxyl groups excluding tert-OH is 1. The number of aliphatic carboxylic acids is 1. The minimum Gasteiger partial charge on any atom is -0.481 e. The van der Waals surface area contributed by atoms with Crippen LogP contribution in [0.15, 0.2) is 0 Å². The van der Waals surface area contributed by atoms with E-state index >= 15 is 0 Å². The van der Waals surface area contributed by atoms with Crippen molar-refractivity contribution in [2.75, 3.05) is 0 Å². The fourth-order valence-electron chi connectivity index (χ4n) is 2.99. The summed E-state index contributed by atoms with van der Waals surface area (Å²) in [6.45, 7) is 0. The molecule has 0 aromatic heterocycles. The van der Waals surface area contributed by atoms with E-state index in [0.29, 0.717) is 12.3 Å². The normalized spacial score (nSPS) is 44.4. The Bertz CT molecular complexity index is 214. The molecule has 2 rings (SSSR count). The van der Waals surface area contributed by atoms with Gasteiger partial charge in [0.05, 0.1) is 12.0 Å². The highest BCUT2D eigenvalue weighted by Gasteiger charge is 2.46. The summed E-state index contributed by atoms with van der Waals surface area (Å²) in [4.78, 5) is 10.8. The summed E-state index contributed by atoms with van der Waals surface area (Å²) >= 11 is 0. The number of carbonyl (C=O) groups is 1. The smallest absolute Gasteiger partial charge is 0.309 e. The number of fused-ring (bicyclic) bond motifs is 1. The molecule has 4 atom stereocenters. The molecule has 3 heteroatoms. The Balaban J connectivity index is 2.09. The van der Waals surface area contributed by atoms with Gasteiger partial charge in [-0.15, -0.1) is 0 Å². The van der Waals surface area contributed by atoms with Crippen molar-refractivity contribution in [2.24, 2.45) is 17.8 Å². The van der Waals surface area contributed by atoms with Crippen LogP contribution in [0.2, 0.25) is 0 Å². The third-order valence-electron chi connectivity index (χ3n) is 3.69. The van der Waals surface area contributed by atoms with Crippen molar-refractivity contribution in [3.63, 3.8) is 0 Å². The van der Waals surface area contributed by atoms with E-state index < -0.39 is 18.0 Å². The molecule has 0 heterocycles. The zero-order valence-electron chi connectivity index (χ0n) is 7.65. The quantitative estimate of drug-likeness (QED) is 0.645. The van der Waals surface area contributed by atoms with Crippen molar-refractivity contribution in [2.45, 2.75) is 38.2 Å². The lowest BCUT2D eigenvalue weighted by Gasteiger charge is -2.26. The Morgan fingerprint density at radius 2 is 1.92 bits per heavy atom. The first-order chi connectivity index (χ1) is 6.20. The van der Waals surface area contributed by atoms with Crippen molar-refractivity contribution >= 4 is 5.97 Å². The van der Waals surface area contributed by atoms with E-state index in [0.717, 1.165) is 19.3 Å². The minimum absolute atomic E-state index is 0.273. The fraction of sp³-hybridized carbons (Fsp3) is 0.900. The third kappa shape index (κ3) is 1.46. The highest BCUT2D eigenvalue weighted by Crippen LogP contribution is 2.45. The molecule has 0 spiro atoms. The van der Waals surface area contributed by atoms with Crippen molar-refractivity contribution in [3.8, 4) is 0 Å². The van der Waals surface area contributed by atoms with Gasteiger partial charge in [-0.3, -0.25) is 4.79 Å². The largest absolute Gasteiger partial charge is 0.481 e. The van der Waals surface area contributed by atoms with Gasteiger partial charge in [-0.2, -0.15) is 0 Å². The molecule has 2 aliphatic carbocycles. The molecule has 2 aliphatic rings. The molecule has 0 aromatic carbocycles. The zero-order chi connectivity index (χ0) is 9.42. The zero-order valence-corrected chi connectivity index (χ0v) is 7.65. The van der Waals surface area contributed by atoms with Crippen LogP contribution in [0.4, 0.5) is 0 Å². The molecule has 2 saturated carbocycles. The van der Waals surface area contributed by atoms with Crippen LogP contribution in [0.5, 0.6) is 0 Å². The predicted octanol–water partition coefficient (Wildman–Crippen LogP) is 1.26. The SMILES string of the molecule is O=C(O)[C@H]1C[C@@H]2CCCC[C@@H]2[C@@H]1O. The predicted molar refractivity (Wildman–Crippen MR) is 47.2 cm³/mol. The van der Waals surface area contributed by atoms with Gasteiger partial charge in [0.1, 0.15) is 0 Å². The Kier molecular flexibility index (Phi) is 2.28. The van der Waals surface area contributed by atoms with Crippen molar-refractivity contribution in [3.05, 3.63) is 0 Å². The number of hydrogen-bond acceptors (Lipinski definition) is 2. The van der Waals surface area contributed by atoms with E-state index in [-0.39, 0.29) is 5.92 Å². The molecule has 0 saturated heterocycles. The van der Waals surface area contributed by atoms with Crippen molar-refractivity contribution in [1.29, 1.82) is 0 Å². The highest BCUT2D eigenvalue weighted by atomic mass is 16.4. The molecule has 13 heavy (non-hydrogen) atoms. The number of hydrogen-bond donors (Lipinski definition) is 2. The Morgan fingerprint density at radius 3 is 2.54 bits per heavy atom. The number of aliphatic hydroxyl groups is 1. The molecule has 3 nitrogen and oxygen atoms in total. The maximum atomic E-state index is 10.8. The van der Waals surface area contributed by atoms with E-state index in [4.69, 9.17) is 5.11 Å². The van der Waals surface area contributed by atoms with Crippen LogP contribution in [0.1, 0.15) is 32.1 Å². The number of rotatable bonds is 1. The van der Waals surface area contributed by atoms with E-state index in [9.17, 15) is 9.90 Å². The van der Waals surface area contributed by atoms with E-state index in [1.165, 1.54) is 6.42 Å². The molecule has 0 bridgehead atoms. The van der Waals surface area contributed by atoms with Gasteiger partial charge in [-0.05, 0) is 24.7 Å². The summed E-state index contributed by atoms with van der Waals surface area (Å²) < 4.78 is 0. The van der Waals surface area contributed by atoms with Crippen LogP contribution < -0.4 is 0 Å². The molecule has 0 unspecified atom stereocenters. The van der Waals surface area contributed by atoms with Gasteiger partial charge < -0.3 is 10.2 Å². The number of carboxylic acids is 1. The van der Waals surface area contributed by atoms with Crippen LogP contribution in [-0.4, -0.2) is 22.3 Å². The molecule has 2 fully saturated rings. The average molecular weight is 184 g/mol. The molecular weight excluding hydrogens is 168 g/mol. The second-order valence-corrected chi connectivity index (χ2v) is 4.38. The average Bonchev–Trinajstić information content (AvgIpc) is 2.45. The third-order valence-corrected chi connectivity index (χ3v) is 3.69. The second-order valence-electron chi connectivity index (χ2n) is 4.38.